The van der Waals surface area contributed by atoms with E-state index < -0.39 is 28.7 Å². The summed E-state index contributed by atoms with van der Waals surface area (Å²) in [6.45, 7) is -2.92. The van der Waals surface area contributed by atoms with Gasteiger partial charge in [-0.2, -0.15) is 13.1 Å². The van der Waals surface area contributed by atoms with Gasteiger partial charge in [-0.15, -0.1) is 4.89 Å². The number of halogens is 2. The highest BCUT2D eigenvalue weighted by molar-refractivity contribution is 7.89. The van der Waals surface area contributed by atoms with E-state index in [0.29, 0.717) is 23.8 Å². The minimum absolute atomic E-state index is 0.0129. The summed E-state index contributed by atoms with van der Waals surface area (Å²) in [5, 5.41) is 10.2. The Labute approximate surface area is 169 Å². The molecule has 0 bridgehead atoms. The Morgan fingerprint density at radius 1 is 1.17 bits per heavy atom. The van der Waals surface area contributed by atoms with E-state index >= 15 is 0 Å². The van der Waals surface area contributed by atoms with Gasteiger partial charge in [0, 0.05) is 23.9 Å². The van der Waals surface area contributed by atoms with Gasteiger partial charge >= 0.3 is 12.6 Å². The van der Waals surface area contributed by atoms with Crippen molar-refractivity contribution in [2.24, 2.45) is 0 Å². The highest BCUT2D eigenvalue weighted by Crippen LogP contribution is 2.34. The number of sulfonamides is 1. The van der Waals surface area contributed by atoms with Gasteiger partial charge in [0.2, 0.25) is 10.0 Å². The Kier molecular flexibility index (Phi) is 5.45. The van der Waals surface area contributed by atoms with Crippen LogP contribution in [0.1, 0.15) is 23.2 Å². The van der Waals surface area contributed by atoms with Crippen molar-refractivity contribution in [3.8, 4) is 0 Å². The summed E-state index contributed by atoms with van der Waals surface area (Å²) < 4.78 is 57.4. The summed E-state index contributed by atoms with van der Waals surface area (Å²) in [5.41, 5.74) is 0.461. The fraction of sp³-hybridized carbons (Fsp3) is 0.316. The largest absolute Gasteiger partial charge is 0.456 e. The number of hydrogen-bond donors (Lipinski definition) is 1. The number of furan rings is 1. The molecule has 0 atom stereocenters. The molecule has 11 heteroatoms. The van der Waals surface area contributed by atoms with Gasteiger partial charge in [-0.25, -0.2) is 13.2 Å². The zero-order valence-electron chi connectivity index (χ0n) is 15.5. The summed E-state index contributed by atoms with van der Waals surface area (Å²) in [5.74, 6) is -1.16. The first-order chi connectivity index (χ1) is 14.3. The van der Waals surface area contributed by atoms with E-state index in [9.17, 15) is 27.1 Å². The number of aliphatic hydroxyl groups excluding tert-OH is 1. The molecule has 4 rings (SSSR count). The fourth-order valence-electron chi connectivity index (χ4n) is 3.49. The number of piperidine rings is 1. The van der Waals surface area contributed by atoms with Crippen LogP contribution in [0.15, 0.2) is 45.7 Å². The molecular weight excluding hydrogens is 424 g/mol. The average Bonchev–Trinajstić information content (AvgIpc) is 3.10. The number of rotatable bonds is 5. The highest BCUT2D eigenvalue weighted by atomic mass is 32.2. The van der Waals surface area contributed by atoms with Crippen molar-refractivity contribution in [3.63, 3.8) is 0 Å². The first kappa shape index (κ1) is 20.7. The van der Waals surface area contributed by atoms with Crippen LogP contribution in [0.5, 0.6) is 0 Å². The van der Waals surface area contributed by atoms with E-state index in [1.807, 2.05) is 0 Å². The van der Waals surface area contributed by atoms with Gasteiger partial charge in [0.25, 0.3) is 0 Å². The minimum atomic E-state index is -3.84. The van der Waals surface area contributed by atoms with Crippen molar-refractivity contribution >= 4 is 37.9 Å². The molecule has 2 aromatic carbocycles. The van der Waals surface area contributed by atoms with E-state index in [-0.39, 0.29) is 34.5 Å². The van der Waals surface area contributed by atoms with Gasteiger partial charge < -0.3 is 9.52 Å². The van der Waals surface area contributed by atoms with Crippen molar-refractivity contribution in [2.75, 3.05) is 13.1 Å². The Balaban J connectivity index is 1.78. The van der Waals surface area contributed by atoms with Gasteiger partial charge in [-0.3, -0.25) is 4.89 Å². The molecule has 30 heavy (non-hydrogen) atoms. The lowest BCUT2D eigenvalue weighted by Gasteiger charge is -2.28. The molecule has 0 saturated carbocycles. The molecule has 8 nitrogen and oxygen atoms in total. The lowest BCUT2D eigenvalue weighted by molar-refractivity contribution is -0.343. The minimum Gasteiger partial charge on any atom is -0.456 e. The van der Waals surface area contributed by atoms with Crippen LogP contribution in [0.25, 0.3) is 21.9 Å². The van der Waals surface area contributed by atoms with E-state index in [4.69, 9.17) is 4.42 Å². The number of carbonyl (C=O) groups excluding carboxylic acids is 1. The van der Waals surface area contributed by atoms with Gasteiger partial charge in [-0.1, -0.05) is 6.07 Å². The smallest absolute Gasteiger partial charge is 0.381 e. The van der Waals surface area contributed by atoms with E-state index in [1.54, 1.807) is 6.07 Å². The third kappa shape index (κ3) is 3.76. The molecule has 0 radical (unpaired) electrons. The van der Waals surface area contributed by atoms with E-state index in [2.05, 4.69) is 9.78 Å². The lowest BCUT2D eigenvalue weighted by atomic mass is 10.1. The SMILES string of the molecule is O=C(OOC(F)F)c1cccc2oc3ccc(S(=O)(=O)N4CCC(O)CC4)cc3c12. The topological polar surface area (TPSA) is 106 Å². The number of hydrogen-bond acceptors (Lipinski definition) is 7. The van der Waals surface area contributed by atoms with Crippen molar-refractivity contribution in [2.45, 2.75) is 30.5 Å². The maximum absolute atomic E-state index is 13.0. The molecule has 0 amide bonds. The van der Waals surface area contributed by atoms with Gasteiger partial charge in [-0.05, 0) is 43.2 Å². The lowest BCUT2D eigenvalue weighted by Crippen LogP contribution is -2.39. The highest BCUT2D eigenvalue weighted by Gasteiger charge is 2.29. The summed E-state index contributed by atoms with van der Waals surface area (Å²) in [6, 6.07) is 8.59. The van der Waals surface area contributed by atoms with Crippen molar-refractivity contribution in [1.29, 1.82) is 0 Å². The molecule has 160 valence electrons. The summed E-state index contributed by atoms with van der Waals surface area (Å²) in [4.78, 5) is 19.9. The molecule has 1 aromatic heterocycles. The normalized spacial score (nSPS) is 16.5. The average molecular weight is 441 g/mol. The standard InChI is InChI=1S/C19H17F2NO7S/c20-19(21)29-28-18(24)13-2-1-3-16-17(13)14-10-12(4-5-15(14)27-16)30(25,26)22-8-6-11(23)7-9-22/h1-5,10-11,19,23H,6-9H2. The molecule has 1 fully saturated rings. The Bertz CT molecular complexity index is 1200. The zero-order chi connectivity index (χ0) is 21.5. The molecule has 0 unspecified atom stereocenters. The fourth-order valence-corrected chi connectivity index (χ4v) is 4.99. The second kappa shape index (κ2) is 7.91. The predicted molar refractivity (Wildman–Crippen MR) is 100 cm³/mol. The van der Waals surface area contributed by atoms with Crippen LogP contribution in [0, 0.1) is 0 Å². The quantitative estimate of drug-likeness (QED) is 0.479. The third-order valence-corrected chi connectivity index (χ3v) is 6.84. The number of alkyl halides is 2. The molecule has 1 N–H and O–H groups in total. The number of benzene rings is 2. The summed E-state index contributed by atoms with van der Waals surface area (Å²) in [7, 11) is -3.84. The third-order valence-electron chi connectivity index (χ3n) is 4.94. The van der Waals surface area contributed by atoms with E-state index in [1.165, 1.54) is 34.6 Å². The molecule has 0 spiro atoms. The Morgan fingerprint density at radius 2 is 1.90 bits per heavy atom. The second-order valence-corrected chi connectivity index (χ2v) is 8.74. The molecule has 0 aliphatic carbocycles. The van der Waals surface area contributed by atoms with Crippen LogP contribution in [0.2, 0.25) is 0 Å². The first-order valence-corrected chi connectivity index (χ1v) is 10.5. The van der Waals surface area contributed by atoms with Crippen molar-refractivity contribution in [1.82, 2.24) is 4.31 Å². The van der Waals surface area contributed by atoms with Crippen molar-refractivity contribution < 1.29 is 41.3 Å². The Morgan fingerprint density at radius 3 is 2.60 bits per heavy atom. The molecule has 3 aromatic rings. The van der Waals surface area contributed by atoms with E-state index in [0.717, 1.165) is 0 Å². The monoisotopic (exact) mass is 441 g/mol. The van der Waals surface area contributed by atoms with Crippen LogP contribution >= 0.6 is 0 Å². The van der Waals surface area contributed by atoms with Crippen LogP contribution in [0.3, 0.4) is 0 Å². The Hall–Kier alpha value is -2.60. The van der Waals surface area contributed by atoms with Gasteiger partial charge in [0.05, 0.1) is 16.6 Å². The number of fused-ring (bicyclic) bond motifs is 3. The number of nitrogens with zero attached hydrogens (tertiary/aromatic N) is 1. The van der Waals surface area contributed by atoms with Gasteiger partial charge in [0.1, 0.15) is 11.2 Å². The summed E-state index contributed by atoms with van der Waals surface area (Å²) >= 11 is 0. The predicted octanol–water partition coefficient (Wildman–Crippen LogP) is 3.04. The number of aliphatic hydroxyl groups is 1. The van der Waals surface area contributed by atoms with Crippen molar-refractivity contribution in [3.05, 3.63) is 42.0 Å². The molecule has 2 heterocycles. The molecular formula is C19H17F2NO7S. The zero-order valence-corrected chi connectivity index (χ0v) is 16.3. The summed E-state index contributed by atoms with van der Waals surface area (Å²) in [6.07, 6.45) is 0.160. The van der Waals surface area contributed by atoms with Crippen LogP contribution in [-0.2, 0) is 19.8 Å². The molecule has 1 aliphatic heterocycles. The molecule has 1 aliphatic rings. The maximum Gasteiger partial charge on any atom is 0.381 e. The van der Waals surface area contributed by atoms with Crippen LogP contribution in [-0.4, -0.2) is 49.6 Å². The first-order valence-electron chi connectivity index (χ1n) is 9.06. The van der Waals surface area contributed by atoms with Crippen LogP contribution < -0.4 is 0 Å². The number of carbonyl (C=O) groups is 1. The van der Waals surface area contributed by atoms with Crippen LogP contribution in [0.4, 0.5) is 8.78 Å². The molecule has 1 saturated heterocycles. The maximum atomic E-state index is 13.0. The second-order valence-electron chi connectivity index (χ2n) is 6.80. The van der Waals surface area contributed by atoms with Gasteiger partial charge in [0.15, 0.2) is 0 Å².